The van der Waals surface area contributed by atoms with Gasteiger partial charge in [-0.15, -0.1) is 0 Å². The lowest BCUT2D eigenvalue weighted by Gasteiger charge is -2.31. The summed E-state index contributed by atoms with van der Waals surface area (Å²) in [6.07, 6.45) is 1.18. The van der Waals surface area contributed by atoms with Crippen LogP contribution < -0.4 is 10.1 Å². The monoisotopic (exact) mass is 556 g/mol. The van der Waals surface area contributed by atoms with Crippen molar-refractivity contribution in [1.82, 2.24) is 10.2 Å². The Bertz CT molecular complexity index is 1140. The third kappa shape index (κ3) is 7.84. The van der Waals surface area contributed by atoms with E-state index in [0.29, 0.717) is 23.7 Å². The first kappa shape index (κ1) is 26.8. The Labute approximate surface area is 220 Å². The summed E-state index contributed by atoms with van der Waals surface area (Å²) in [4.78, 5) is 28.4. The number of aryl methyl sites for hydroxylation is 1. The van der Waals surface area contributed by atoms with Gasteiger partial charge in [-0.25, -0.2) is 0 Å². The molecule has 3 aromatic carbocycles. The van der Waals surface area contributed by atoms with Gasteiger partial charge >= 0.3 is 0 Å². The molecule has 0 heterocycles. The molecule has 35 heavy (non-hydrogen) atoms. The van der Waals surface area contributed by atoms with Gasteiger partial charge in [-0.1, -0.05) is 83.0 Å². The van der Waals surface area contributed by atoms with Crippen molar-refractivity contribution in [3.8, 4) is 5.75 Å². The zero-order valence-corrected chi connectivity index (χ0v) is 22.3. The summed E-state index contributed by atoms with van der Waals surface area (Å²) < 4.78 is 6.80. The van der Waals surface area contributed by atoms with Gasteiger partial charge in [0.05, 0.1) is 0 Å². The van der Waals surface area contributed by atoms with Crippen LogP contribution in [0.2, 0.25) is 5.02 Å². The third-order valence-electron chi connectivity index (χ3n) is 5.61. The Kier molecular flexibility index (Phi) is 10.2. The molecule has 0 aliphatic heterocycles. The molecule has 0 aliphatic rings. The fourth-order valence-corrected chi connectivity index (χ4v) is 4.11. The van der Waals surface area contributed by atoms with Crippen molar-refractivity contribution in [1.29, 1.82) is 0 Å². The summed E-state index contributed by atoms with van der Waals surface area (Å²) in [5.41, 5.74) is 2.73. The molecule has 2 amide bonds. The topological polar surface area (TPSA) is 58.6 Å². The number of carbonyl (C=O) groups excluding carboxylic acids is 2. The van der Waals surface area contributed by atoms with Crippen molar-refractivity contribution in [3.05, 3.63) is 99.0 Å². The van der Waals surface area contributed by atoms with Crippen LogP contribution in [0.3, 0.4) is 0 Å². The number of rotatable bonds is 11. The molecule has 0 bridgehead atoms. The van der Waals surface area contributed by atoms with Crippen molar-refractivity contribution < 1.29 is 14.3 Å². The number of benzene rings is 3. The molecule has 1 N–H and O–H groups in total. The molecule has 0 radical (unpaired) electrons. The number of nitrogens with zero attached hydrogens (tertiary/aromatic N) is 1. The average molecular weight is 558 g/mol. The summed E-state index contributed by atoms with van der Waals surface area (Å²) in [6, 6.07) is 21.9. The van der Waals surface area contributed by atoms with Crippen LogP contribution in [-0.4, -0.2) is 35.9 Å². The minimum Gasteiger partial charge on any atom is -0.484 e. The third-order valence-corrected chi connectivity index (χ3v) is 6.87. The predicted octanol–water partition coefficient (Wildman–Crippen LogP) is 5.96. The maximum atomic E-state index is 13.6. The first-order chi connectivity index (χ1) is 16.9. The second-order valence-electron chi connectivity index (χ2n) is 8.31. The maximum absolute atomic E-state index is 13.6. The highest BCUT2D eigenvalue weighted by Gasteiger charge is 2.31. The van der Waals surface area contributed by atoms with Crippen molar-refractivity contribution in [2.24, 2.45) is 0 Å². The summed E-state index contributed by atoms with van der Waals surface area (Å²) in [5, 5.41) is 3.51. The van der Waals surface area contributed by atoms with Gasteiger partial charge in [0.15, 0.2) is 6.61 Å². The molecule has 0 aromatic heterocycles. The average Bonchev–Trinajstić information content (AvgIpc) is 2.86. The van der Waals surface area contributed by atoms with E-state index in [1.165, 1.54) is 0 Å². The van der Waals surface area contributed by atoms with E-state index in [4.69, 9.17) is 16.3 Å². The number of halogens is 2. The molecule has 0 saturated heterocycles. The van der Waals surface area contributed by atoms with Crippen molar-refractivity contribution in [2.75, 3.05) is 13.2 Å². The van der Waals surface area contributed by atoms with Gasteiger partial charge in [0.25, 0.3) is 5.91 Å². The highest BCUT2D eigenvalue weighted by atomic mass is 79.9. The molecule has 0 aliphatic carbocycles. The SMILES string of the molecule is CCCNC(=O)[C@@H](Cc1ccccc1)N(Cc1ccccc1Cl)C(=O)COc1ccc(Br)c(C)c1. The molecule has 3 rings (SSSR count). The summed E-state index contributed by atoms with van der Waals surface area (Å²) in [7, 11) is 0. The summed E-state index contributed by atoms with van der Waals surface area (Å²) in [6.45, 7) is 4.48. The van der Waals surface area contributed by atoms with Gasteiger partial charge in [0.1, 0.15) is 11.8 Å². The number of hydrogen-bond acceptors (Lipinski definition) is 3. The van der Waals surface area contributed by atoms with Crippen LogP contribution >= 0.6 is 27.5 Å². The van der Waals surface area contributed by atoms with Crippen LogP contribution in [0.4, 0.5) is 0 Å². The zero-order valence-electron chi connectivity index (χ0n) is 20.0. The van der Waals surface area contributed by atoms with Crippen LogP contribution in [0.1, 0.15) is 30.0 Å². The largest absolute Gasteiger partial charge is 0.484 e. The quantitative estimate of drug-likeness (QED) is 0.317. The van der Waals surface area contributed by atoms with Crippen LogP contribution in [-0.2, 0) is 22.6 Å². The van der Waals surface area contributed by atoms with Crippen LogP contribution in [0.25, 0.3) is 0 Å². The van der Waals surface area contributed by atoms with E-state index >= 15 is 0 Å². The van der Waals surface area contributed by atoms with E-state index in [1.807, 2.05) is 74.5 Å². The highest BCUT2D eigenvalue weighted by molar-refractivity contribution is 9.10. The fourth-order valence-electron chi connectivity index (χ4n) is 3.67. The van der Waals surface area contributed by atoms with Crippen LogP contribution in [0.5, 0.6) is 5.75 Å². The van der Waals surface area contributed by atoms with Crippen molar-refractivity contribution in [3.63, 3.8) is 0 Å². The number of nitrogens with one attached hydrogen (secondary N) is 1. The molecule has 3 aromatic rings. The predicted molar refractivity (Wildman–Crippen MR) is 144 cm³/mol. The number of ether oxygens (including phenoxy) is 1. The normalized spacial score (nSPS) is 11.5. The molecule has 0 saturated carbocycles. The standard InChI is InChI=1S/C28H30BrClN2O3/c1-3-15-31-28(34)26(17-21-9-5-4-6-10-21)32(18-22-11-7-8-12-25(22)30)27(33)19-35-23-13-14-24(29)20(2)16-23/h4-14,16,26H,3,15,17-19H2,1-2H3,(H,31,34)/t26-/m1/s1. The van der Waals surface area contributed by atoms with E-state index < -0.39 is 6.04 Å². The summed E-state index contributed by atoms with van der Waals surface area (Å²) >= 11 is 9.91. The lowest BCUT2D eigenvalue weighted by Crippen LogP contribution is -2.51. The summed E-state index contributed by atoms with van der Waals surface area (Å²) in [5.74, 6) is 0.0976. The Morgan fingerprint density at radius 3 is 2.46 bits per heavy atom. The fraction of sp³-hybridized carbons (Fsp3) is 0.286. The molecule has 0 unspecified atom stereocenters. The lowest BCUT2D eigenvalue weighted by molar-refractivity contribution is -0.142. The Balaban J connectivity index is 1.90. The number of hydrogen-bond donors (Lipinski definition) is 1. The first-order valence-corrected chi connectivity index (χ1v) is 12.8. The minimum absolute atomic E-state index is 0.193. The molecule has 0 spiro atoms. The van der Waals surface area contributed by atoms with Gasteiger partial charge in [0.2, 0.25) is 5.91 Å². The van der Waals surface area contributed by atoms with Gasteiger partial charge in [-0.3, -0.25) is 9.59 Å². The maximum Gasteiger partial charge on any atom is 0.261 e. The van der Waals surface area contributed by atoms with Gasteiger partial charge in [-0.05, 0) is 54.3 Å². The van der Waals surface area contributed by atoms with E-state index in [0.717, 1.165) is 27.6 Å². The van der Waals surface area contributed by atoms with E-state index in [1.54, 1.807) is 17.0 Å². The Morgan fingerprint density at radius 2 is 1.77 bits per heavy atom. The molecular weight excluding hydrogens is 528 g/mol. The highest BCUT2D eigenvalue weighted by Crippen LogP contribution is 2.23. The molecule has 5 nitrogen and oxygen atoms in total. The van der Waals surface area contributed by atoms with E-state index in [-0.39, 0.29) is 25.0 Å². The number of amides is 2. The smallest absolute Gasteiger partial charge is 0.261 e. The van der Waals surface area contributed by atoms with Crippen molar-refractivity contribution in [2.45, 2.75) is 39.3 Å². The Hall–Kier alpha value is -2.83. The van der Waals surface area contributed by atoms with Gasteiger partial charge < -0.3 is 15.0 Å². The second kappa shape index (κ2) is 13.3. The number of carbonyl (C=O) groups is 2. The molecule has 184 valence electrons. The molecule has 7 heteroatoms. The molecule has 0 fully saturated rings. The lowest BCUT2D eigenvalue weighted by atomic mass is 10.0. The molecule has 1 atom stereocenters. The van der Waals surface area contributed by atoms with E-state index in [9.17, 15) is 9.59 Å². The van der Waals surface area contributed by atoms with Gasteiger partial charge in [-0.2, -0.15) is 0 Å². The Morgan fingerprint density at radius 1 is 1.06 bits per heavy atom. The zero-order chi connectivity index (χ0) is 25.2. The second-order valence-corrected chi connectivity index (χ2v) is 9.57. The molecular formula is C28H30BrClN2O3. The van der Waals surface area contributed by atoms with Gasteiger partial charge in [0, 0.05) is 29.0 Å². The van der Waals surface area contributed by atoms with E-state index in [2.05, 4.69) is 21.2 Å². The minimum atomic E-state index is -0.719. The van der Waals surface area contributed by atoms with Crippen LogP contribution in [0, 0.1) is 6.92 Å². The van der Waals surface area contributed by atoms with Crippen LogP contribution in [0.15, 0.2) is 77.3 Å². The first-order valence-electron chi connectivity index (χ1n) is 11.6. The van der Waals surface area contributed by atoms with Crippen molar-refractivity contribution >= 4 is 39.3 Å².